The highest BCUT2D eigenvalue weighted by Gasteiger charge is 2.22. The molecule has 0 fully saturated rings. The van der Waals surface area contributed by atoms with Crippen molar-refractivity contribution in [2.75, 3.05) is 0 Å². The number of hydrogen-bond acceptors (Lipinski definition) is 1. The van der Waals surface area contributed by atoms with Gasteiger partial charge in [-0.1, -0.05) is 36.4 Å². The van der Waals surface area contributed by atoms with E-state index in [1.807, 2.05) is 43.3 Å². The third kappa shape index (κ3) is 2.30. The van der Waals surface area contributed by atoms with E-state index in [9.17, 15) is 0 Å². The first kappa shape index (κ1) is 10.9. The van der Waals surface area contributed by atoms with Crippen molar-refractivity contribution in [1.29, 1.82) is 0 Å². The molecule has 3 aromatic carbocycles. The molecule has 0 radical (unpaired) electrons. The molecule has 2 nitrogen and oxygen atoms in total. The molecule has 0 bridgehead atoms. The van der Waals surface area contributed by atoms with Gasteiger partial charge in [0.05, 0.1) is 5.56 Å². The predicted molar refractivity (Wildman–Crippen MR) is 112 cm³/mol. The normalized spacial score (nSPS) is 15.9. The third-order valence-electron chi connectivity index (χ3n) is 5.22. The molecule has 0 aliphatic carbocycles. The Morgan fingerprint density at radius 1 is 0.889 bits per heavy atom. The highest BCUT2D eigenvalue weighted by Crippen LogP contribution is 2.41. The van der Waals surface area contributed by atoms with Gasteiger partial charge in [-0.05, 0) is 49.3 Å². The van der Waals surface area contributed by atoms with Crippen LogP contribution in [0.15, 0.2) is 65.2 Å². The molecule has 0 N–H and O–H groups in total. The molecule has 0 amide bonds. The molecule has 2 heterocycles. The molecular weight excluding hydrogens is 330 g/mol. The van der Waals surface area contributed by atoms with Gasteiger partial charge in [0.2, 0.25) is 5.69 Å². The van der Waals surface area contributed by atoms with Gasteiger partial charge >= 0.3 is 0 Å². The summed E-state index contributed by atoms with van der Waals surface area (Å²) in [5.41, 5.74) is 3.84. The van der Waals surface area contributed by atoms with Crippen molar-refractivity contribution in [1.82, 2.24) is 0 Å². The molecule has 0 aliphatic heterocycles. The topological polar surface area (TPSA) is 17.0 Å². The maximum absolute atomic E-state index is 8.17. The summed E-state index contributed by atoms with van der Waals surface area (Å²) < 4.78 is 55.8. The number of hydrogen-bond donors (Lipinski definition) is 0. The Morgan fingerprint density at radius 2 is 1.78 bits per heavy atom. The number of rotatable bonds is 1. The Balaban J connectivity index is 1.93. The Bertz CT molecular complexity index is 1560. The van der Waals surface area contributed by atoms with Gasteiger partial charge in [-0.3, -0.25) is 0 Å². The summed E-state index contributed by atoms with van der Waals surface area (Å²) in [4.78, 5) is 0. The average Bonchev–Trinajstić information content (AvgIpc) is 3.12. The molecule has 5 rings (SSSR count). The molecule has 0 unspecified atom stereocenters. The average molecular weight is 358 g/mol. The van der Waals surface area contributed by atoms with E-state index >= 15 is 0 Å². The zero-order chi connectivity index (χ0) is 23.7. The summed E-state index contributed by atoms with van der Waals surface area (Å²) >= 11 is 0. The lowest BCUT2D eigenvalue weighted by Gasteiger charge is -2.08. The van der Waals surface area contributed by atoms with Crippen molar-refractivity contribution < 1.29 is 17.2 Å². The number of nitrogens with zero attached hydrogens (tertiary/aromatic N) is 1. The van der Waals surface area contributed by atoms with Crippen LogP contribution < -0.4 is 4.57 Å². The monoisotopic (exact) mass is 358 g/mol. The van der Waals surface area contributed by atoms with Crippen molar-refractivity contribution in [2.45, 2.75) is 20.6 Å². The van der Waals surface area contributed by atoms with E-state index in [-0.39, 0.29) is 11.1 Å². The van der Waals surface area contributed by atoms with E-state index in [1.54, 1.807) is 36.0 Å². The molecule has 0 spiro atoms. The van der Waals surface area contributed by atoms with Crippen LogP contribution in [0.25, 0.3) is 44.0 Å². The number of fused-ring (bicyclic) bond motifs is 5. The van der Waals surface area contributed by atoms with Crippen molar-refractivity contribution in [3.8, 4) is 11.3 Å². The molecule has 0 aliphatic rings. The minimum atomic E-state index is -2.32. The van der Waals surface area contributed by atoms with Crippen molar-refractivity contribution in [2.24, 2.45) is 7.05 Å². The number of aryl methyl sites for hydroxylation is 4. The molecule has 132 valence electrons. The molecule has 2 heteroatoms. The van der Waals surface area contributed by atoms with Crippen molar-refractivity contribution in [3.05, 3.63) is 77.5 Å². The van der Waals surface area contributed by atoms with Gasteiger partial charge in [-0.15, -0.1) is 0 Å². The van der Waals surface area contributed by atoms with Gasteiger partial charge < -0.3 is 4.42 Å². The number of aromatic nitrogens is 1. The van der Waals surface area contributed by atoms with Crippen LogP contribution in [0.1, 0.15) is 24.9 Å². The van der Waals surface area contributed by atoms with Crippen LogP contribution in [0.4, 0.5) is 0 Å². The second-order valence-electron chi connectivity index (χ2n) is 7.00. The first-order valence-corrected chi connectivity index (χ1v) is 8.85. The second-order valence-corrected chi connectivity index (χ2v) is 7.00. The van der Waals surface area contributed by atoms with Gasteiger partial charge in [0.25, 0.3) is 0 Å². The quantitative estimate of drug-likeness (QED) is 0.328. The number of benzene rings is 3. The van der Waals surface area contributed by atoms with Gasteiger partial charge in [0, 0.05) is 36.0 Å². The van der Waals surface area contributed by atoms with E-state index in [2.05, 4.69) is 0 Å². The summed E-state index contributed by atoms with van der Waals surface area (Å²) in [6.45, 7) is -2.69. The van der Waals surface area contributed by atoms with Crippen LogP contribution in [0, 0.1) is 20.6 Å². The van der Waals surface area contributed by atoms with E-state index in [4.69, 9.17) is 12.6 Å². The van der Waals surface area contributed by atoms with Gasteiger partial charge in [-0.25, -0.2) is 4.57 Å². The van der Waals surface area contributed by atoms with Gasteiger partial charge in [0.1, 0.15) is 18.2 Å². The summed E-state index contributed by atoms with van der Waals surface area (Å²) in [6.07, 6.45) is 1.59. The lowest BCUT2D eigenvalue weighted by molar-refractivity contribution is -0.660. The summed E-state index contributed by atoms with van der Waals surface area (Å²) in [5, 5.41) is 3.23. The van der Waals surface area contributed by atoms with E-state index in [0.717, 1.165) is 33.0 Å². The zero-order valence-electron chi connectivity index (χ0n) is 21.1. The molecule has 0 saturated heterocycles. The van der Waals surface area contributed by atoms with Gasteiger partial charge in [-0.2, -0.15) is 0 Å². The molecule has 27 heavy (non-hydrogen) atoms. The van der Waals surface area contributed by atoms with Crippen molar-refractivity contribution in [3.63, 3.8) is 0 Å². The fraction of sp³-hybridized carbons (Fsp3) is 0.160. The maximum Gasteiger partial charge on any atom is 0.216 e. The smallest absolute Gasteiger partial charge is 0.216 e. The molecule has 5 aromatic rings. The van der Waals surface area contributed by atoms with Crippen molar-refractivity contribution >= 4 is 32.7 Å². The lowest BCUT2D eigenvalue weighted by Crippen LogP contribution is -2.31. The van der Waals surface area contributed by atoms with Gasteiger partial charge in [0.15, 0.2) is 6.20 Å². The third-order valence-corrected chi connectivity index (χ3v) is 5.22. The molecule has 2 aromatic heterocycles. The van der Waals surface area contributed by atoms with E-state index < -0.39 is 13.7 Å². The van der Waals surface area contributed by atoms with Crippen LogP contribution in [-0.4, -0.2) is 0 Å². The first-order valence-electron chi connectivity index (χ1n) is 11.9. The molecule has 0 saturated carbocycles. The Labute approximate surface area is 167 Å². The standard InChI is InChI=1S/C25H22NO/c1-15-9-12-21(26(4)14-15)23-17(3)13-16(2)22-20-11-10-18-7-5-6-8-19(18)24(20)27-25(22)23/h5-14H,1-4H3/q+1/i1D3,2D3. The van der Waals surface area contributed by atoms with Crippen LogP contribution in [-0.2, 0) is 7.05 Å². The fourth-order valence-corrected chi connectivity index (χ4v) is 3.99. The molecular formula is C25H22NO+. The van der Waals surface area contributed by atoms with Crippen LogP contribution in [0.5, 0.6) is 0 Å². The lowest BCUT2D eigenvalue weighted by atomic mass is 9.96. The van der Waals surface area contributed by atoms with E-state index in [1.165, 1.54) is 0 Å². The van der Waals surface area contributed by atoms with Crippen LogP contribution >= 0.6 is 0 Å². The summed E-state index contributed by atoms with van der Waals surface area (Å²) in [6, 6.07) is 16.8. The number of furan rings is 1. The minimum absolute atomic E-state index is 0.234. The minimum Gasteiger partial charge on any atom is -0.454 e. The Morgan fingerprint density at radius 3 is 2.59 bits per heavy atom. The largest absolute Gasteiger partial charge is 0.454 e. The van der Waals surface area contributed by atoms with E-state index in [0.29, 0.717) is 16.6 Å². The predicted octanol–water partition coefficient (Wildman–Crippen LogP) is 6.16. The first-order chi connectivity index (χ1) is 15.5. The SMILES string of the molecule is [2H]C([2H])([2H])c1ccc(-c2c(C)cc(C([2H])([2H])[2H])c3c2oc2c4ccccc4ccc23)[n+](C)c1. The highest BCUT2D eigenvalue weighted by atomic mass is 16.3. The zero-order valence-corrected chi connectivity index (χ0v) is 15.1. The summed E-state index contributed by atoms with van der Waals surface area (Å²) in [5.74, 6) is 0. The second kappa shape index (κ2) is 5.68. The van der Waals surface area contributed by atoms with Crippen LogP contribution in [0.2, 0.25) is 0 Å². The Hall–Kier alpha value is -3.13. The summed E-state index contributed by atoms with van der Waals surface area (Å²) in [7, 11) is 1.78. The molecule has 0 atom stereocenters. The highest BCUT2D eigenvalue weighted by molar-refractivity contribution is 6.18. The Kier molecular flexibility index (Phi) is 2.29. The maximum atomic E-state index is 8.17. The number of pyridine rings is 1. The fourth-order valence-electron chi connectivity index (χ4n) is 3.99. The van der Waals surface area contributed by atoms with Crippen LogP contribution in [0.3, 0.4) is 0 Å².